The summed E-state index contributed by atoms with van der Waals surface area (Å²) in [6.07, 6.45) is 5.64. The summed E-state index contributed by atoms with van der Waals surface area (Å²) in [4.78, 5) is 20.9. The SMILES string of the molecule is CCCOc1ccccc1/C=C/C(=O)Oc1ccc2nc(-c3ccccn3)oc2c1. The second-order valence-corrected chi connectivity index (χ2v) is 6.50. The van der Waals surface area contributed by atoms with Crippen LogP contribution >= 0.6 is 0 Å². The molecule has 6 nitrogen and oxygen atoms in total. The molecule has 0 amide bonds. The molecule has 150 valence electrons. The maximum Gasteiger partial charge on any atom is 0.336 e. The first kappa shape index (κ1) is 19.4. The fourth-order valence-corrected chi connectivity index (χ4v) is 2.84. The second kappa shape index (κ2) is 9.05. The molecular formula is C24H20N2O4. The number of esters is 1. The predicted octanol–water partition coefficient (Wildman–Crippen LogP) is 5.30. The molecule has 0 fully saturated rings. The summed E-state index contributed by atoms with van der Waals surface area (Å²) >= 11 is 0. The van der Waals surface area contributed by atoms with E-state index in [1.165, 1.54) is 6.08 Å². The average Bonchev–Trinajstić information content (AvgIpc) is 3.21. The zero-order chi connectivity index (χ0) is 20.8. The first-order chi connectivity index (χ1) is 14.7. The van der Waals surface area contributed by atoms with Gasteiger partial charge in [0.25, 0.3) is 0 Å². The van der Waals surface area contributed by atoms with E-state index < -0.39 is 5.97 Å². The third kappa shape index (κ3) is 4.55. The Hall–Kier alpha value is -3.93. The van der Waals surface area contributed by atoms with Crippen LogP contribution < -0.4 is 9.47 Å². The predicted molar refractivity (Wildman–Crippen MR) is 114 cm³/mol. The number of rotatable bonds is 7. The molecule has 30 heavy (non-hydrogen) atoms. The lowest BCUT2D eigenvalue weighted by Gasteiger charge is -2.07. The van der Waals surface area contributed by atoms with Gasteiger partial charge < -0.3 is 13.9 Å². The smallest absolute Gasteiger partial charge is 0.336 e. The molecule has 4 aromatic rings. The van der Waals surface area contributed by atoms with Gasteiger partial charge in [-0.3, -0.25) is 4.98 Å². The number of hydrogen-bond acceptors (Lipinski definition) is 6. The van der Waals surface area contributed by atoms with Gasteiger partial charge >= 0.3 is 5.97 Å². The van der Waals surface area contributed by atoms with Gasteiger partial charge in [0.15, 0.2) is 5.58 Å². The third-order valence-corrected chi connectivity index (χ3v) is 4.24. The number of hydrogen-bond donors (Lipinski definition) is 0. The van der Waals surface area contributed by atoms with E-state index in [0.717, 1.165) is 17.7 Å². The van der Waals surface area contributed by atoms with Crippen molar-refractivity contribution in [1.82, 2.24) is 9.97 Å². The highest BCUT2D eigenvalue weighted by Gasteiger charge is 2.11. The first-order valence-electron chi connectivity index (χ1n) is 9.66. The van der Waals surface area contributed by atoms with Gasteiger partial charge in [0, 0.05) is 23.9 Å². The van der Waals surface area contributed by atoms with E-state index >= 15 is 0 Å². The van der Waals surface area contributed by atoms with Crippen LogP contribution in [0, 0.1) is 0 Å². The van der Waals surface area contributed by atoms with Crippen LogP contribution in [0.5, 0.6) is 11.5 Å². The van der Waals surface area contributed by atoms with Crippen LogP contribution in [-0.2, 0) is 4.79 Å². The van der Waals surface area contributed by atoms with Crippen molar-refractivity contribution in [1.29, 1.82) is 0 Å². The zero-order valence-electron chi connectivity index (χ0n) is 16.4. The molecular weight excluding hydrogens is 380 g/mol. The minimum atomic E-state index is -0.496. The van der Waals surface area contributed by atoms with Crippen LogP contribution in [0.15, 0.2) is 77.4 Å². The van der Waals surface area contributed by atoms with E-state index in [9.17, 15) is 4.79 Å². The number of pyridine rings is 1. The standard InChI is InChI=1S/C24H20N2O4/c1-2-15-28-21-9-4-3-7-17(21)10-13-23(27)29-18-11-12-19-22(16-18)30-24(26-19)20-8-5-6-14-25-20/h3-14,16H,2,15H2,1H3/b13-10+. The Kier molecular flexibility index (Phi) is 5.85. The Morgan fingerprint density at radius 1 is 1.10 bits per heavy atom. The molecule has 0 saturated carbocycles. The molecule has 0 bridgehead atoms. The van der Waals surface area contributed by atoms with Crippen LogP contribution in [0.25, 0.3) is 28.8 Å². The van der Waals surface area contributed by atoms with Crippen molar-refractivity contribution in [3.05, 3.63) is 78.5 Å². The van der Waals surface area contributed by atoms with Gasteiger partial charge in [0.2, 0.25) is 5.89 Å². The van der Waals surface area contributed by atoms with E-state index in [-0.39, 0.29) is 0 Å². The minimum Gasteiger partial charge on any atom is -0.493 e. The summed E-state index contributed by atoms with van der Waals surface area (Å²) in [7, 11) is 0. The number of carbonyl (C=O) groups excluding carboxylic acids is 1. The molecule has 4 rings (SSSR count). The van der Waals surface area contributed by atoms with Gasteiger partial charge in [0.1, 0.15) is 22.7 Å². The highest BCUT2D eigenvalue weighted by Crippen LogP contribution is 2.26. The van der Waals surface area contributed by atoms with E-state index in [0.29, 0.717) is 35.0 Å². The van der Waals surface area contributed by atoms with Gasteiger partial charge in [-0.1, -0.05) is 31.2 Å². The monoisotopic (exact) mass is 400 g/mol. The van der Waals surface area contributed by atoms with Crippen molar-refractivity contribution in [2.24, 2.45) is 0 Å². The Morgan fingerprint density at radius 3 is 2.80 bits per heavy atom. The van der Waals surface area contributed by atoms with Crippen LogP contribution in [0.2, 0.25) is 0 Å². The molecule has 0 N–H and O–H groups in total. The van der Waals surface area contributed by atoms with Crippen molar-refractivity contribution in [3.8, 4) is 23.1 Å². The van der Waals surface area contributed by atoms with E-state index in [1.54, 1.807) is 30.5 Å². The normalized spacial score (nSPS) is 11.1. The molecule has 0 atom stereocenters. The number of nitrogens with zero attached hydrogens (tertiary/aromatic N) is 2. The number of carbonyl (C=O) groups is 1. The molecule has 2 heterocycles. The summed E-state index contributed by atoms with van der Waals surface area (Å²) in [5.74, 6) is 1.02. The maximum atomic E-state index is 12.3. The molecule has 0 saturated heterocycles. The van der Waals surface area contributed by atoms with Gasteiger partial charge in [-0.25, -0.2) is 9.78 Å². The lowest BCUT2D eigenvalue weighted by molar-refractivity contribution is -0.128. The van der Waals surface area contributed by atoms with Crippen molar-refractivity contribution in [3.63, 3.8) is 0 Å². The van der Waals surface area contributed by atoms with E-state index in [4.69, 9.17) is 13.9 Å². The molecule has 2 aromatic heterocycles. The minimum absolute atomic E-state index is 0.372. The zero-order valence-corrected chi connectivity index (χ0v) is 16.4. The van der Waals surface area contributed by atoms with Crippen LogP contribution in [0.4, 0.5) is 0 Å². The second-order valence-electron chi connectivity index (χ2n) is 6.50. The topological polar surface area (TPSA) is 74.5 Å². The molecule has 0 spiro atoms. The van der Waals surface area contributed by atoms with Crippen LogP contribution in [0.1, 0.15) is 18.9 Å². The number of aromatic nitrogens is 2. The Morgan fingerprint density at radius 2 is 1.97 bits per heavy atom. The highest BCUT2D eigenvalue weighted by atomic mass is 16.5. The van der Waals surface area contributed by atoms with Crippen molar-refractivity contribution in [2.75, 3.05) is 6.61 Å². The van der Waals surface area contributed by atoms with E-state index in [1.807, 2.05) is 49.4 Å². The summed E-state index contributed by atoms with van der Waals surface area (Å²) in [5, 5.41) is 0. The largest absolute Gasteiger partial charge is 0.493 e. The average molecular weight is 400 g/mol. The number of para-hydroxylation sites is 1. The molecule has 2 aromatic carbocycles. The fourth-order valence-electron chi connectivity index (χ4n) is 2.84. The molecule has 0 radical (unpaired) electrons. The molecule has 0 aliphatic heterocycles. The summed E-state index contributed by atoms with van der Waals surface area (Å²) in [6.45, 7) is 2.66. The van der Waals surface area contributed by atoms with Crippen molar-refractivity contribution < 1.29 is 18.7 Å². The number of benzene rings is 2. The number of ether oxygens (including phenoxy) is 2. The maximum absolute atomic E-state index is 12.3. The van der Waals surface area contributed by atoms with Crippen LogP contribution in [-0.4, -0.2) is 22.5 Å². The quantitative estimate of drug-likeness (QED) is 0.238. The first-order valence-corrected chi connectivity index (χ1v) is 9.66. The van der Waals surface area contributed by atoms with Gasteiger partial charge in [0.05, 0.1) is 6.61 Å². The fraction of sp³-hybridized carbons (Fsp3) is 0.125. The Balaban J connectivity index is 1.48. The Labute approximate surface area is 173 Å². The lowest BCUT2D eigenvalue weighted by Crippen LogP contribution is -2.03. The van der Waals surface area contributed by atoms with E-state index in [2.05, 4.69) is 9.97 Å². The summed E-state index contributed by atoms with van der Waals surface area (Å²) in [6, 6.07) is 18.1. The molecule has 0 aliphatic carbocycles. The third-order valence-electron chi connectivity index (χ3n) is 4.24. The Bertz CT molecular complexity index is 1180. The van der Waals surface area contributed by atoms with Gasteiger partial charge in [-0.05, 0) is 42.8 Å². The molecule has 0 unspecified atom stereocenters. The van der Waals surface area contributed by atoms with Crippen molar-refractivity contribution in [2.45, 2.75) is 13.3 Å². The van der Waals surface area contributed by atoms with Crippen molar-refractivity contribution >= 4 is 23.1 Å². The molecule has 0 aliphatic rings. The number of fused-ring (bicyclic) bond motifs is 1. The van der Waals surface area contributed by atoms with Gasteiger partial charge in [-0.15, -0.1) is 0 Å². The van der Waals surface area contributed by atoms with Crippen LogP contribution in [0.3, 0.4) is 0 Å². The lowest BCUT2D eigenvalue weighted by atomic mass is 10.2. The number of oxazole rings is 1. The molecule has 6 heteroatoms. The summed E-state index contributed by atoms with van der Waals surface area (Å²) in [5.41, 5.74) is 2.63. The highest BCUT2D eigenvalue weighted by molar-refractivity contribution is 5.89. The van der Waals surface area contributed by atoms with Gasteiger partial charge in [-0.2, -0.15) is 0 Å². The summed E-state index contributed by atoms with van der Waals surface area (Å²) < 4.78 is 16.9.